The molecule has 6 nitrogen and oxygen atoms in total. The number of likely N-dealkylation sites (tertiary alicyclic amines) is 1. The Hall–Kier alpha value is -0.150. The number of nitrogens with one attached hydrogen (secondary N) is 1. The van der Waals surface area contributed by atoms with Crippen molar-refractivity contribution in [2.75, 3.05) is 40.3 Å². The molecule has 0 unspecified atom stereocenters. The summed E-state index contributed by atoms with van der Waals surface area (Å²) >= 11 is 0. The summed E-state index contributed by atoms with van der Waals surface area (Å²) < 4.78 is 5.99. The number of hydrogen-bond acceptors (Lipinski definition) is 6. The molecule has 29 heavy (non-hydrogen) atoms. The molecule has 0 spiro atoms. The van der Waals surface area contributed by atoms with Crippen molar-refractivity contribution >= 4 is 37.2 Å². The fourth-order valence-electron chi connectivity index (χ4n) is 4.16. The highest BCUT2D eigenvalue weighted by atomic mass is 35.5. The highest BCUT2D eigenvalue weighted by Crippen LogP contribution is 2.26. The second-order valence-electron chi connectivity index (χ2n) is 7.76. The summed E-state index contributed by atoms with van der Waals surface area (Å²) in [5.74, 6) is 0. The van der Waals surface area contributed by atoms with E-state index in [1.54, 1.807) is 0 Å². The predicted molar refractivity (Wildman–Crippen MR) is 124 cm³/mol. The lowest BCUT2D eigenvalue weighted by molar-refractivity contribution is -0.0221. The Morgan fingerprint density at radius 2 is 1.72 bits per heavy atom. The van der Waals surface area contributed by atoms with Gasteiger partial charge in [-0.1, -0.05) is 30.3 Å². The van der Waals surface area contributed by atoms with Crippen LogP contribution < -0.4 is 5.32 Å². The highest BCUT2D eigenvalue weighted by molar-refractivity contribution is 5.86. The number of benzene rings is 1. The second-order valence-corrected chi connectivity index (χ2v) is 7.76. The topological polar surface area (TPSA) is 68.2 Å². The predicted octanol–water partition coefficient (Wildman–Crippen LogP) is 1.56. The van der Waals surface area contributed by atoms with Crippen LogP contribution in [-0.2, 0) is 11.3 Å². The van der Waals surface area contributed by atoms with E-state index in [9.17, 15) is 10.2 Å². The Kier molecular flexibility index (Phi) is 13.9. The minimum Gasteiger partial charge on any atom is -0.394 e. The van der Waals surface area contributed by atoms with Gasteiger partial charge in [0.05, 0.1) is 18.8 Å². The van der Waals surface area contributed by atoms with Gasteiger partial charge in [0.25, 0.3) is 0 Å². The summed E-state index contributed by atoms with van der Waals surface area (Å²) in [4.78, 5) is 4.50. The van der Waals surface area contributed by atoms with E-state index >= 15 is 0 Å². The fraction of sp³-hybridized carbons (Fsp3) is 0.700. The maximum Gasteiger partial charge on any atom is 0.109 e. The number of nitrogens with zero attached hydrogens (tertiary/aromatic N) is 2. The van der Waals surface area contributed by atoms with Gasteiger partial charge in [0.15, 0.2) is 0 Å². The summed E-state index contributed by atoms with van der Waals surface area (Å²) in [5, 5.41) is 23.9. The number of halogens is 3. The molecule has 2 aliphatic rings. The van der Waals surface area contributed by atoms with Gasteiger partial charge in [0, 0.05) is 19.1 Å². The molecule has 2 saturated heterocycles. The number of hydrogen-bond donors (Lipinski definition) is 3. The number of aliphatic hydroxyl groups excluding tert-OH is 2. The highest BCUT2D eigenvalue weighted by Gasteiger charge is 2.45. The number of aliphatic hydroxyl groups is 2. The number of rotatable bonds is 7. The van der Waals surface area contributed by atoms with Gasteiger partial charge >= 0.3 is 0 Å². The first-order valence-electron chi connectivity index (χ1n) is 9.69. The molecule has 0 saturated carbocycles. The van der Waals surface area contributed by atoms with Crippen LogP contribution in [0.1, 0.15) is 18.4 Å². The Morgan fingerprint density at radius 1 is 1.10 bits per heavy atom. The van der Waals surface area contributed by atoms with E-state index in [1.807, 2.05) is 25.2 Å². The summed E-state index contributed by atoms with van der Waals surface area (Å²) in [7, 11) is 4.18. The van der Waals surface area contributed by atoms with Crippen molar-refractivity contribution < 1.29 is 14.9 Å². The Balaban J connectivity index is 0.00000261. The minimum atomic E-state index is -0.682. The quantitative estimate of drug-likeness (QED) is 0.560. The molecule has 3 rings (SSSR count). The van der Waals surface area contributed by atoms with Crippen molar-refractivity contribution in [2.45, 2.75) is 49.8 Å². The minimum absolute atomic E-state index is 0. The fourth-order valence-corrected chi connectivity index (χ4v) is 4.16. The van der Waals surface area contributed by atoms with Crippen molar-refractivity contribution in [3.8, 4) is 0 Å². The molecule has 2 fully saturated rings. The van der Waals surface area contributed by atoms with Gasteiger partial charge in [-0.3, -0.25) is 4.90 Å². The number of ether oxygens (including phenoxy) is 1. The first kappa shape index (κ1) is 28.9. The van der Waals surface area contributed by atoms with E-state index in [0.29, 0.717) is 12.6 Å². The van der Waals surface area contributed by atoms with Crippen molar-refractivity contribution in [3.63, 3.8) is 0 Å². The smallest absolute Gasteiger partial charge is 0.109 e. The van der Waals surface area contributed by atoms with Crippen LogP contribution in [0, 0.1) is 0 Å². The Morgan fingerprint density at radius 3 is 2.31 bits per heavy atom. The van der Waals surface area contributed by atoms with Gasteiger partial charge in [-0.15, -0.1) is 37.2 Å². The molecular weight excluding hydrogens is 437 g/mol. The van der Waals surface area contributed by atoms with Crippen LogP contribution >= 0.6 is 37.2 Å². The lowest BCUT2D eigenvalue weighted by atomic mass is 10.0. The van der Waals surface area contributed by atoms with Gasteiger partial charge in [0.1, 0.15) is 12.2 Å². The molecule has 1 aromatic carbocycles. The van der Waals surface area contributed by atoms with Crippen molar-refractivity contribution in [1.82, 2.24) is 15.1 Å². The van der Waals surface area contributed by atoms with Crippen LogP contribution in [0.15, 0.2) is 30.3 Å². The standard InChI is InChI=1S/C20H33N3O3.3ClH/c1-22-10-8-16(9-11-22)21-12-17-19(20(25)18(14-24)26-17)23(2)13-15-6-4-3-5-7-15;;;/h3-7,16-21,24-25H,8-14H2,1-2H3;3*1H/t17-,18+,19-,20-;;;/m1.../s1. The zero-order chi connectivity index (χ0) is 18.5. The average molecular weight is 473 g/mol. The van der Waals surface area contributed by atoms with Gasteiger partial charge in [-0.2, -0.15) is 0 Å². The molecule has 4 atom stereocenters. The lowest BCUT2D eigenvalue weighted by Crippen LogP contribution is -2.50. The molecule has 2 aliphatic heterocycles. The van der Waals surface area contributed by atoms with E-state index in [1.165, 1.54) is 5.56 Å². The molecule has 0 aromatic heterocycles. The first-order valence-corrected chi connectivity index (χ1v) is 9.69. The van der Waals surface area contributed by atoms with Gasteiger partial charge < -0.3 is 25.2 Å². The molecule has 170 valence electrons. The van der Waals surface area contributed by atoms with Crippen LogP contribution in [0.2, 0.25) is 0 Å². The van der Waals surface area contributed by atoms with Crippen molar-refractivity contribution in [3.05, 3.63) is 35.9 Å². The molecule has 9 heteroatoms. The third-order valence-electron chi connectivity index (χ3n) is 5.75. The molecule has 1 aromatic rings. The molecule has 0 amide bonds. The second kappa shape index (κ2) is 14.0. The molecule has 0 radical (unpaired) electrons. The van der Waals surface area contributed by atoms with Gasteiger partial charge in [-0.25, -0.2) is 0 Å². The largest absolute Gasteiger partial charge is 0.394 e. The monoisotopic (exact) mass is 471 g/mol. The van der Waals surface area contributed by atoms with E-state index < -0.39 is 12.2 Å². The molecule has 2 heterocycles. The summed E-state index contributed by atoms with van der Waals surface area (Å²) in [6, 6.07) is 10.6. The zero-order valence-electron chi connectivity index (χ0n) is 17.1. The van der Waals surface area contributed by atoms with Crippen LogP contribution in [0.3, 0.4) is 0 Å². The summed E-state index contributed by atoms with van der Waals surface area (Å²) in [6.45, 7) is 3.52. The van der Waals surface area contributed by atoms with Crippen molar-refractivity contribution in [1.29, 1.82) is 0 Å². The third kappa shape index (κ3) is 7.80. The Labute approximate surface area is 193 Å². The molecule has 0 bridgehead atoms. The first-order chi connectivity index (χ1) is 12.6. The van der Waals surface area contributed by atoms with E-state index in [2.05, 4.69) is 34.3 Å². The molecule has 0 aliphatic carbocycles. The zero-order valence-corrected chi connectivity index (χ0v) is 19.6. The maximum atomic E-state index is 10.7. The maximum absolute atomic E-state index is 10.7. The van der Waals surface area contributed by atoms with Crippen LogP contribution in [0.4, 0.5) is 0 Å². The summed E-state index contributed by atoms with van der Waals surface area (Å²) in [5.41, 5.74) is 1.21. The SMILES string of the molecule is CN1CCC(NC[C@H]2O[C@@H](CO)[C@@H](O)[C@@H]2N(C)Cc2ccccc2)CC1.Cl.Cl.Cl. The molecule has 3 N–H and O–H groups in total. The van der Waals surface area contributed by atoms with Crippen LogP contribution in [-0.4, -0.2) is 90.7 Å². The van der Waals surface area contributed by atoms with E-state index in [4.69, 9.17) is 4.74 Å². The van der Waals surface area contributed by atoms with Gasteiger partial charge in [0.2, 0.25) is 0 Å². The van der Waals surface area contributed by atoms with E-state index in [0.717, 1.165) is 32.5 Å². The molecular formula is C20H36Cl3N3O3. The normalized spacial score (nSPS) is 27.8. The van der Waals surface area contributed by atoms with E-state index in [-0.39, 0.29) is 56.0 Å². The number of piperidine rings is 1. The summed E-state index contributed by atoms with van der Waals surface area (Å²) in [6.07, 6.45) is 0.954. The van der Waals surface area contributed by atoms with Crippen molar-refractivity contribution in [2.24, 2.45) is 0 Å². The average Bonchev–Trinajstić information content (AvgIpc) is 2.97. The van der Waals surface area contributed by atoms with Crippen LogP contribution in [0.5, 0.6) is 0 Å². The third-order valence-corrected chi connectivity index (χ3v) is 5.75. The van der Waals surface area contributed by atoms with Crippen LogP contribution in [0.25, 0.3) is 0 Å². The Bertz CT molecular complexity index is 550. The van der Waals surface area contributed by atoms with Gasteiger partial charge in [-0.05, 0) is 45.6 Å². The number of likely N-dealkylation sites (N-methyl/N-ethyl adjacent to an activating group) is 1. The lowest BCUT2D eigenvalue weighted by Gasteiger charge is -2.33.